The van der Waals surface area contributed by atoms with Crippen LogP contribution in [0.1, 0.15) is 31.2 Å². The second kappa shape index (κ2) is 9.88. The molecule has 0 aromatic heterocycles. The lowest BCUT2D eigenvalue weighted by Crippen LogP contribution is -2.43. The molecule has 2 fully saturated rings. The first-order valence-corrected chi connectivity index (χ1v) is 11.3. The van der Waals surface area contributed by atoms with Gasteiger partial charge in [-0.3, -0.25) is 4.90 Å². The van der Waals surface area contributed by atoms with Gasteiger partial charge in [-0.1, -0.05) is 29.8 Å². The Morgan fingerprint density at radius 1 is 1.23 bits per heavy atom. The van der Waals surface area contributed by atoms with Gasteiger partial charge in [0.2, 0.25) is 0 Å². The fraction of sp³-hybridized carbons (Fsp3) is 0.458. The van der Waals surface area contributed by atoms with Gasteiger partial charge in [0, 0.05) is 25.8 Å². The molecule has 166 valence electrons. The summed E-state index contributed by atoms with van der Waals surface area (Å²) in [6.45, 7) is 3.76. The zero-order chi connectivity index (χ0) is 21.8. The van der Waals surface area contributed by atoms with Gasteiger partial charge in [0.05, 0.1) is 11.1 Å². The van der Waals surface area contributed by atoms with E-state index >= 15 is 0 Å². The maximum Gasteiger partial charge on any atom is 0.321 e. The molecule has 2 aromatic rings. The normalized spacial score (nSPS) is 20.9. The molecule has 2 aliphatic rings. The SMILES string of the molecule is CN(CC1CC(Oc2cccc(CN3CCCC3)c2Cl)C1)C(=O)Nc1cccc(F)c1. The third-order valence-corrected chi connectivity index (χ3v) is 6.51. The van der Waals surface area contributed by atoms with Crippen molar-refractivity contribution in [1.29, 1.82) is 0 Å². The third-order valence-electron chi connectivity index (χ3n) is 6.08. The van der Waals surface area contributed by atoms with E-state index in [4.69, 9.17) is 16.3 Å². The smallest absolute Gasteiger partial charge is 0.321 e. The Hall–Kier alpha value is -2.31. The number of anilines is 1. The van der Waals surface area contributed by atoms with Gasteiger partial charge in [-0.05, 0) is 74.5 Å². The Kier molecular flexibility index (Phi) is 6.98. The minimum absolute atomic E-state index is 0.115. The van der Waals surface area contributed by atoms with Crippen molar-refractivity contribution in [3.8, 4) is 5.75 Å². The molecule has 4 rings (SSSR count). The molecule has 0 spiro atoms. The van der Waals surface area contributed by atoms with Crippen LogP contribution in [0.3, 0.4) is 0 Å². The van der Waals surface area contributed by atoms with Crippen molar-refractivity contribution in [3.05, 3.63) is 58.9 Å². The van der Waals surface area contributed by atoms with Crippen LogP contribution in [0.15, 0.2) is 42.5 Å². The Morgan fingerprint density at radius 3 is 2.71 bits per heavy atom. The first-order chi connectivity index (χ1) is 15.0. The number of carbonyl (C=O) groups is 1. The van der Waals surface area contributed by atoms with Gasteiger partial charge < -0.3 is 15.0 Å². The van der Waals surface area contributed by atoms with Crippen LogP contribution in [-0.4, -0.2) is 48.6 Å². The fourth-order valence-corrected chi connectivity index (χ4v) is 4.54. The minimum atomic E-state index is -0.373. The summed E-state index contributed by atoms with van der Waals surface area (Å²) in [6.07, 6.45) is 4.39. The average Bonchev–Trinajstić information content (AvgIpc) is 3.22. The van der Waals surface area contributed by atoms with E-state index in [0.717, 1.165) is 43.8 Å². The second-order valence-corrected chi connectivity index (χ2v) is 8.99. The quantitative estimate of drug-likeness (QED) is 0.620. The summed E-state index contributed by atoms with van der Waals surface area (Å²) in [5.41, 5.74) is 1.57. The molecule has 0 atom stereocenters. The largest absolute Gasteiger partial charge is 0.489 e. The Bertz CT molecular complexity index is 913. The Labute approximate surface area is 188 Å². The van der Waals surface area contributed by atoms with Crippen molar-refractivity contribution in [2.75, 3.05) is 32.0 Å². The van der Waals surface area contributed by atoms with Crippen LogP contribution in [0, 0.1) is 11.7 Å². The summed E-state index contributed by atoms with van der Waals surface area (Å²) in [6, 6.07) is 11.7. The van der Waals surface area contributed by atoms with Gasteiger partial charge >= 0.3 is 6.03 Å². The average molecular weight is 446 g/mol. The molecule has 1 heterocycles. The molecule has 1 aliphatic carbocycles. The van der Waals surface area contributed by atoms with Gasteiger partial charge in [0.1, 0.15) is 11.6 Å². The molecule has 2 aromatic carbocycles. The van der Waals surface area contributed by atoms with Crippen LogP contribution >= 0.6 is 11.6 Å². The zero-order valence-electron chi connectivity index (χ0n) is 17.8. The van der Waals surface area contributed by atoms with Gasteiger partial charge in [-0.25, -0.2) is 9.18 Å². The molecule has 0 radical (unpaired) electrons. The number of nitrogens with zero attached hydrogens (tertiary/aromatic N) is 2. The molecule has 31 heavy (non-hydrogen) atoms. The number of nitrogens with one attached hydrogen (secondary N) is 1. The molecule has 1 N–H and O–H groups in total. The summed E-state index contributed by atoms with van der Waals surface area (Å²) >= 11 is 6.62. The maximum atomic E-state index is 13.3. The Balaban J connectivity index is 1.23. The van der Waals surface area contributed by atoms with Crippen LogP contribution in [0.2, 0.25) is 5.02 Å². The van der Waals surface area contributed by atoms with Crippen LogP contribution < -0.4 is 10.1 Å². The molecule has 1 aliphatic heterocycles. The predicted octanol–water partition coefficient (Wildman–Crippen LogP) is 5.40. The lowest BCUT2D eigenvalue weighted by atomic mass is 9.82. The number of hydrogen-bond acceptors (Lipinski definition) is 3. The van der Waals surface area contributed by atoms with E-state index in [1.807, 2.05) is 12.1 Å². The Morgan fingerprint density at radius 2 is 1.97 bits per heavy atom. The number of urea groups is 1. The maximum absolute atomic E-state index is 13.3. The minimum Gasteiger partial charge on any atom is -0.489 e. The van der Waals surface area contributed by atoms with Crippen molar-refractivity contribution < 1.29 is 13.9 Å². The van der Waals surface area contributed by atoms with E-state index in [-0.39, 0.29) is 18.0 Å². The van der Waals surface area contributed by atoms with E-state index in [2.05, 4.69) is 16.3 Å². The molecule has 2 amide bonds. The molecule has 1 saturated heterocycles. The van der Waals surface area contributed by atoms with Gasteiger partial charge in [-0.2, -0.15) is 0 Å². The number of halogens is 2. The number of hydrogen-bond donors (Lipinski definition) is 1. The molecule has 1 saturated carbocycles. The third kappa shape index (κ3) is 5.69. The van der Waals surface area contributed by atoms with Crippen LogP contribution in [0.4, 0.5) is 14.9 Å². The monoisotopic (exact) mass is 445 g/mol. The first-order valence-electron chi connectivity index (χ1n) is 10.9. The van der Waals surface area contributed by atoms with Crippen LogP contribution in [0.25, 0.3) is 0 Å². The number of likely N-dealkylation sites (tertiary alicyclic amines) is 1. The van der Waals surface area contributed by atoms with E-state index in [1.54, 1.807) is 24.1 Å². The predicted molar refractivity (Wildman–Crippen MR) is 121 cm³/mol. The van der Waals surface area contributed by atoms with Crippen LogP contribution in [0.5, 0.6) is 5.75 Å². The number of benzene rings is 2. The standard InChI is InChI=1S/C24H29ClFN3O2/c1-28(24(30)27-20-8-5-7-19(26)14-20)15-17-12-21(13-17)31-22-9-4-6-18(23(22)25)16-29-10-2-3-11-29/h4-9,14,17,21H,2-3,10-13,15-16H2,1H3,(H,27,30). The van der Waals surface area contributed by atoms with Gasteiger partial charge in [0.25, 0.3) is 0 Å². The first kappa shape index (κ1) is 21.9. The van der Waals surface area contributed by atoms with E-state index in [0.29, 0.717) is 23.2 Å². The van der Waals surface area contributed by atoms with E-state index < -0.39 is 0 Å². The number of rotatable bonds is 7. The molecule has 0 bridgehead atoms. The number of ether oxygens (including phenoxy) is 1. The number of carbonyl (C=O) groups excluding carboxylic acids is 1. The summed E-state index contributed by atoms with van der Waals surface area (Å²) in [5, 5.41) is 3.44. The summed E-state index contributed by atoms with van der Waals surface area (Å²) in [7, 11) is 1.75. The van der Waals surface area contributed by atoms with Gasteiger partial charge in [-0.15, -0.1) is 0 Å². The molecular formula is C24H29ClFN3O2. The highest BCUT2D eigenvalue weighted by Crippen LogP contribution is 2.36. The lowest BCUT2D eigenvalue weighted by Gasteiger charge is -2.37. The lowest BCUT2D eigenvalue weighted by molar-refractivity contribution is 0.0532. The second-order valence-electron chi connectivity index (χ2n) is 8.61. The van der Waals surface area contributed by atoms with Gasteiger partial charge in [0.15, 0.2) is 0 Å². The highest BCUT2D eigenvalue weighted by atomic mass is 35.5. The van der Waals surface area contributed by atoms with Crippen molar-refractivity contribution in [1.82, 2.24) is 9.80 Å². The number of amides is 2. The van der Waals surface area contributed by atoms with Crippen LogP contribution in [-0.2, 0) is 6.54 Å². The molecule has 5 nitrogen and oxygen atoms in total. The molecular weight excluding hydrogens is 417 g/mol. The van der Waals surface area contributed by atoms with Crippen molar-refractivity contribution >= 4 is 23.3 Å². The highest BCUT2D eigenvalue weighted by molar-refractivity contribution is 6.32. The highest BCUT2D eigenvalue weighted by Gasteiger charge is 2.33. The molecule has 7 heteroatoms. The van der Waals surface area contributed by atoms with E-state index in [9.17, 15) is 9.18 Å². The van der Waals surface area contributed by atoms with E-state index in [1.165, 1.54) is 25.0 Å². The fourth-order valence-electron chi connectivity index (χ4n) is 4.31. The summed E-state index contributed by atoms with van der Waals surface area (Å²) in [5.74, 6) is 0.751. The van der Waals surface area contributed by atoms with Crippen molar-refractivity contribution in [2.45, 2.75) is 38.3 Å². The zero-order valence-corrected chi connectivity index (χ0v) is 18.6. The van der Waals surface area contributed by atoms with Crippen molar-refractivity contribution in [2.24, 2.45) is 5.92 Å². The topological polar surface area (TPSA) is 44.8 Å². The summed E-state index contributed by atoms with van der Waals surface area (Å²) in [4.78, 5) is 16.4. The molecule has 0 unspecified atom stereocenters. The van der Waals surface area contributed by atoms with Crippen molar-refractivity contribution in [3.63, 3.8) is 0 Å². The summed E-state index contributed by atoms with van der Waals surface area (Å²) < 4.78 is 19.4.